The first-order chi connectivity index (χ1) is 13.2. The Morgan fingerprint density at radius 1 is 1.19 bits per heavy atom. The number of aromatic nitrogens is 5. The minimum Gasteiger partial charge on any atom is -0.480 e. The molecule has 1 aliphatic carbocycles. The van der Waals surface area contributed by atoms with E-state index in [2.05, 4.69) is 25.4 Å². The topological polar surface area (TPSA) is 97.5 Å². The van der Waals surface area contributed by atoms with Crippen LogP contribution in [0, 0.1) is 0 Å². The number of aliphatic hydroxyl groups is 1. The second-order valence-corrected chi connectivity index (χ2v) is 6.72. The normalized spacial score (nSPS) is 19.2. The van der Waals surface area contributed by atoms with Gasteiger partial charge in [0.2, 0.25) is 11.8 Å². The zero-order valence-electron chi connectivity index (χ0n) is 14.7. The number of nitrogens with one attached hydrogen (secondary N) is 1. The zero-order chi connectivity index (χ0) is 18.4. The van der Waals surface area contributed by atoms with Gasteiger partial charge in [-0.05, 0) is 36.6 Å². The summed E-state index contributed by atoms with van der Waals surface area (Å²) in [6.07, 6.45) is 6.48. The molecule has 5 rings (SSSR count). The van der Waals surface area contributed by atoms with E-state index in [9.17, 15) is 5.11 Å². The molecule has 1 aliphatic rings. The van der Waals surface area contributed by atoms with Gasteiger partial charge in [-0.2, -0.15) is 0 Å². The van der Waals surface area contributed by atoms with Crippen LogP contribution in [0.5, 0.6) is 5.88 Å². The summed E-state index contributed by atoms with van der Waals surface area (Å²) in [5.41, 5.74) is 3.78. The molecule has 27 heavy (non-hydrogen) atoms. The zero-order valence-corrected chi connectivity index (χ0v) is 14.7. The van der Waals surface area contributed by atoms with E-state index in [1.54, 1.807) is 7.11 Å². The molecule has 1 fully saturated rings. The molecule has 0 aliphatic heterocycles. The SMILES string of the molecule is COc1ncnc2ccc(-c3ccn4nc(NC5CC(O)C5)ncc34)cc12. The largest absolute Gasteiger partial charge is 0.480 e. The second-order valence-electron chi connectivity index (χ2n) is 6.72. The number of ether oxygens (including phenoxy) is 1. The average molecular weight is 362 g/mol. The number of fused-ring (bicyclic) bond motifs is 2. The molecule has 0 saturated heterocycles. The van der Waals surface area contributed by atoms with E-state index >= 15 is 0 Å². The van der Waals surface area contributed by atoms with Crippen molar-refractivity contribution in [3.8, 4) is 17.0 Å². The fraction of sp³-hybridized carbons (Fsp3) is 0.263. The van der Waals surface area contributed by atoms with Crippen LogP contribution in [0.2, 0.25) is 0 Å². The van der Waals surface area contributed by atoms with Gasteiger partial charge in [0.05, 0.1) is 35.8 Å². The Morgan fingerprint density at radius 2 is 2.07 bits per heavy atom. The second kappa shape index (κ2) is 6.17. The lowest BCUT2D eigenvalue weighted by molar-refractivity contribution is 0.0833. The number of aliphatic hydroxyl groups excluding tert-OH is 1. The Hall–Kier alpha value is -3.26. The van der Waals surface area contributed by atoms with Gasteiger partial charge in [-0.3, -0.25) is 0 Å². The highest BCUT2D eigenvalue weighted by Gasteiger charge is 2.27. The molecule has 0 amide bonds. The van der Waals surface area contributed by atoms with Crippen LogP contribution < -0.4 is 10.1 Å². The smallest absolute Gasteiger partial charge is 0.241 e. The van der Waals surface area contributed by atoms with E-state index < -0.39 is 0 Å². The number of methoxy groups -OCH3 is 1. The van der Waals surface area contributed by atoms with Crippen molar-refractivity contribution < 1.29 is 9.84 Å². The summed E-state index contributed by atoms with van der Waals surface area (Å²) in [6.45, 7) is 0. The third kappa shape index (κ3) is 2.74. The van der Waals surface area contributed by atoms with Crippen LogP contribution in [0.15, 0.2) is 43.0 Å². The van der Waals surface area contributed by atoms with E-state index in [-0.39, 0.29) is 12.1 Å². The van der Waals surface area contributed by atoms with Crippen LogP contribution in [-0.4, -0.2) is 48.9 Å². The first-order valence-electron chi connectivity index (χ1n) is 8.79. The Labute approximate surface area is 154 Å². The van der Waals surface area contributed by atoms with E-state index in [0.29, 0.717) is 11.8 Å². The lowest BCUT2D eigenvalue weighted by Gasteiger charge is -2.31. The van der Waals surface area contributed by atoms with Gasteiger partial charge in [-0.15, -0.1) is 5.10 Å². The molecule has 136 valence electrons. The van der Waals surface area contributed by atoms with Gasteiger partial charge < -0.3 is 15.2 Å². The van der Waals surface area contributed by atoms with Gasteiger partial charge in [0.1, 0.15) is 6.33 Å². The Bertz CT molecular complexity index is 1140. The molecule has 8 heteroatoms. The van der Waals surface area contributed by atoms with Gasteiger partial charge in [0.25, 0.3) is 0 Å². The van der Waals surface area contributed by atoms with Crippen LogP contribution >= 0.6 is 0 Å². The van der Waals surface area contributed by atoms with Crippen LogP contribution in [0.3, 0.4) is 0 Å². The van der Waals surface area contributed by atoms with E-state index in [0.717, 1.165) is 40.4 Å². The number of hydrogen-bond acceptors (Lipinski definition) is 7. The van der Waals surface area contributed by atoms with Gasteiger partial charge in [-0.1, -0.05) is 6.07 Å². The highest BCUT2D eigenvalue weighted by molar-refractivity contribution is 5.91. The Balaban J connectivity index is 1.52. The summed E-state index contributed by atoms with van der Waals surface area (Å²) < 4.78 is 7.16. The first-order valence-corrected chi connectivity index (χ1v) is 8.79. The fourth-order valence-electron chi connectivity index (χ4n) is 3.46. The molecular formula is C19H18N6O2. The third-order valence-electron chi connectivity index (χ3n) is 4.97. The standard InChI is InChI=1S/C19H18N6O2/c1-27-18-15-6-11(2-3-16(15)21-10-22-18)14-4-5-25-17(14)9-20-19(24-25)23-12-7-13(26)8-12/h2-6,9-10,12-13,26H,7-8H2,1H3,(H,23,24). The third-order valence-corrected chi connectivity index (χ3v) is 4.97. The predicted octanol–water partition coefficient (Wildman–Crippen LogP) is 2.28. The number of hydrogen-bond donors (Lipinski definition) is 2. The fourth-order valence-corrected chi connectivity index (χ4v) is 3.46. The van der Waals surface area contributed by atoms with Crippen LogP contribution in [0.25, 0.3) is 27.5 Å². The molecule has 0 atom stereocenters. The maximum absolute atomic E-state index is 9.41. The monoisotopic (exact) mass is 362 g/mol. The molecule has 0 spiro atoms. The van der Waals surface area contributed by atoms with Crippen molar-refractivity contribution in [2.24, 2.45) is 0 Å². The highest BCUT2D eigenvalue weighted by Crippen LogP contribution is 2.31. The maximum Gasteiger partial charge on any atom is 0.241 e. The summed E-state index contributed by atoms with van der Waals surface area (Å²) >= 11 is 0. The number of anilines is 1. The van der Waals surface area contributed by atoms with Crippen molar-refractivity contribution in [2.45, 2.75) is 25.0 Å². The van der Waals surface area contributed by atoms with Crippen molar-refractivity contribution >= 4 is 22.4 Å². The van der Waals surface area contributed by atoms with E-state index in [4.69, 9.17) is 4.74 Å². The molecule has 4 aromatic rings. The van der Waals surface area contributed by atoms with Gasteiger partial charge in [0, 0.05) is 17.8 Å². The van der Waals surface area contributed by atoms with Gasteiger partial charge >= 0.3 is 0 Å². The minimum absolute atomic E-state index is 0.210. The van der Waals surface area contributed by atoms with Crippen molar-refractivity contribution in [1.82, 2.24) is 24.6 Å². The Morgan fingerprint density at radius 3 is 2.89 bits per heavy atom. The van der Waals surface area contributed by atoms with E-state index in [1.165, 1.54) is 6.33 Å². The van der Waals surface area contributed by atoms with Crippen molar-refractivity contribution in [3.05, 3.63) is 43.0 Å². The molecule has 0 radical (unpaired) electrons. The Kier molecular flexibility index (Phi) is 3.64. The summed E-state index contributed by atoms with van der Waals surface area (Å²) in [7, 11) is 1.60. The summed E-state index contributed by atoms with van der Waals surface area (Å²) in [5, 5.41) is 18.0. The molecule has 0 bridgehead atoms. The van der Waals surface area contributed by atoms with Gasteiger partial charge in [-0.25, -0.2) is 19.5 Å². The summed E-state index contributed by atoms with van der Waals surface area (Å²) in [5.74, 6) is 1.12. The average Bonchev–Trinajstić information content (AvgIpc) is 3.09. The molecule has 3 heterocycles. The van der Waals surface area contributed by atoms with Crippen molar-refractivity contribution in [3.63, 3.8) is 0 Å². The van der Waals surface area contributed by atoms with Crippen LogP contribution in [0.4, 0.5) is 5.95 Å². The molecule has 0 unspecified atom stereocenters. The van der Waals surface area contributed by atoms with E-state index in [1.807, 2.05) is 41.2 Å². The molecule has 2 N–H and O–H groups in total. The maximum atomic E-state index is 9.41. The van der Waals surface area contributed by atoms with Crippen molar-refractivity contribution in [2.75, 3.05) is 12.4 Å². The number of rotatable bonds is 4. The number of nitrogens with zero attached hydrogens (tertiary/aromatic N) is 5. The quantitative estimate of drug-likeness (QED) is 0.575. The molecule has 8 nitrogen and oxygen atoms in total. The lowest BCUT2D eigenvalue weighted by atomic mass is 9.90. The molecule has 3 aromatic heterocycles. The predicted molar refractivity (Wildman–Crippen MR) is 101 cm³/mol. The summed E-state index contributed by atoms with van der Waals surface area (Å²) in [6, 6.07) is 8.24. The first kappa shape index (κ1) is 16.0. The lowest BCUT2D eigenvalue weighted by Crippen LogP contribution is -2.39. The minimum atomic E-state index is -0.210. The van der Waals surface area contributed by atoms with Crippen molar-refractivity contribution in [1.29, 1.82) is 0 Å². The van der Waals surface area contributed by atoms with Gasteiger partial charge in [0.15, 0.2) is 0 Å². The number of benzene rings is 1. The highest BCUT2D eigenvalue weighted by atomic mass is 16.5. The van der Waals surface area contributed by atoms with Crippen LogP contribution in [0.1, 0.15) is 12.8 Å². The molecular weight excluding hydrogens is 344 g/mol. The van der Waals surface area contributed by atoms with Crippen LogP contribution in [-0.2, 0) is 0 Å². The molecule has 1 saturated carbocycles. The molecule has 1 aromatic carbocycles. The summed E-state index contributed by atoms with van der Waals surface area (Å²) in [4.78, 5) is 12.9.